The highest BCUT2D eigenvalue weighted by molar-refractivity contribution is 6.32. The Hall–Kier alpha value is -1.72. The molecule has 0 unspecified atom stereocenters. The van der Waals surface area contributed by atoms with Crippen molar-refractivity contribution in [2.75, 3.05) is 6.54 Å². The fourth-order valence-corrected chi connectivity index (χ4v) is 1.14. The average molecular weight is 238 g/mol. The fourth-order valence-electron chi connectivity index (χ4n) is 1.14. The van der Waals surface area contributed by atoms with Crippen LogP contribution >= 0.6 is 0 Å². The number of halogens is 3. The molecule has 0 spiro atoms. The van der Waals surface area contributed by atoms with E-state index in [2.05, 4.69) is 4.99 Å². The van der Waals surface area contributed by atoms with Crippen LogP contribution in [0.15, 0.2) is 35.5 Å². The van der Waals surface area contributed by atoms with Gasteiger partial charge in [0.1, 0.15) is 14.4 Å². The van der Waals surface area contributed by atoms with Crippen LogP contribution in [0.5, 0.6) is 0 Å². The van der Waals surface area contributed by atoms with Crippen LogP contribution in [0.1, 0.15) is 5.56 Å². The summed E-state index contributed by atoms with van der Waals surface area (Å²) < 4.78 is 35.7. The third-order valence-corrected chi connectivity index (χ3v) is 1.92. The molecule has 0 aliphatic rings. The summed E-state index contributed by atoms with van der Waals surface area (Å²) in [4.78, 5) is 3.28. The van der Waals surface area contributed by atoms with Crippen molar-refractivity contribution in [3.8, 4) is 0 Å². The lowest BCUT2D eigenvalue weighted by molar-refractivity contribution is -0.118. The van der Waals surface area contributed by atoms with E-state index >= 15 is 0 Å². The first-order valence-electron chi connectivity index (χ1n) is 4.77. The molecule has 2 nitrogen and oxygen atoms in total. The Kier molecular flexibility index (Phi) is 4.37. The lowest BCUT2D eigenvalue weighted by Gasteiger charge is -2.03. The minimum Gasteiger partial charge on any atom is -0.404 e. The molecule has 0 atom stereocenters. The molecule has 0 bridgehead atoms. The molecule has 2 radical (unpaired) electrons. The molecule has 1 aromatic carbocycles. The van der Waals surface area contributed by atoms with E-state index in [1.165, 1.54) is 6.20 Å². The van der Waals surface area contributed by atoms with Crippen molar-refractivity contribution < 1.29 is 13.2 Å². The third kappa shape index (κ3) is 4.76. The smallest absolute Gasteiger partial charge is 0.404 e. The van der Waals surface area contributed by atoms with Crippen LogP contribution in [0.4, 0.5) is 13.2 Å². The Morgan fingerprint density at radius 3 is 2.35 bits per heavy atom. The van der Waals surface area contributed by atoms with Crippen molar-refractivity contribution in [1.82, 2.24) is 0 Å². The molecule has 1 aromatic rings. The molecule has 6 heteroatoms. The van der Waals surface area contributed by atoms with Gasteiger partial charge >= 0.3 is 6.18 Å². The van der Waals surface area contributed by atoms with Gasteiger partial charge in [0.25, 0.3) is 0 Å². The van der Waals surface area contributed by atoms with Crippen LogP contribution in [0, 0.1) is 0 Å². The molecule has 0 fully saturated rings. The molecular weight excluding hydrogens is 228 g/mol. The number of hydrogen-bond donors (Lipinski definition) is 1. The first-order chi connectivity index (χ1) is 7.92. The molecule has 0 aliphatic carbocycles. The Bertz CT molecular complexity index is 421. The minimum atomic E-state index is -4.31. The van der Waals surface area contributed by atoms with Gasteiger partial charge in [-0.3, -0.25) is 4.99 Å². The number of nitrogens with zero attached hydrogens (tertiary/aromatic N) is 1. The Balaban J connectivity index is 2.77. The largest absolute Gasteiger partial charge is 0.407 e. The summed E-state index contributed by atoms with van der Waals surface area (Å²) in [5.74, 6) is 0. The van der Waals surface area contributed by atoms with E-state index < -0.39 is 12.7 Å². The van der Waals surface area contributed by atoms with Gasteiger partial charge in [0.05, 0.1) is 0 Å². The van der Waals surface area contributed by atoms with Crippen LogP contribution in [-0.4, -0.2) is 26.8 Å². The maximum Gasteiger partial charge on any atom is 0.407 e. The predicted molar refractivity (Wildman–Crippen MR) is 63.4 cm³/mol. The van der Waals surface area contributed by atoms with E-state index in [4.69, 9.17) is 13.6 Å². The molecule has 1 rings (SSSR count). The highest BCUT2D eigenvalue weighted by Gasteiger charge is 2.25. The molecule has 17 heavy (non-hydrogen) atoms. The number of alkyl halides is 3. The quantitative estimate of drug-likeness (QED) is 0.627. The maximum absolute atomic E-state index is 11.9. The fraction of sp³-hybridized carbons (Fsp3) is 0.182. The molecule has 88 valence electrons. The van der Waals surface area contributed by atoms with E-state index in [1.54, 1.807) is 24.3 Å². The van der Waals surface area contributed by atoms with Crippen molar-refractivity contribution in [3.05, 3.63) is 36.0 Å². The molecule has 0 aliphatic heterocycles. The summed E-state index contributed by atoms with van der Waals surface area (Å²) in [5, 5.41) is 0. The molecule has 0 saturated carbocycles. The maximum atomic E-state index is 11.9. The number of allylic oxidation sites excluding steroid dienone is 1. The SMILES string of the molecule is [B]c1ccc(/C(C=NCC(F)(F)F)=C/N)cc1. The number of benzene rings is 1. The second kappa shape index (κ2) is 5.56. The highest BCUT2D eigenvalue weighted by atomic mass is 19.4. The molecule has 0 saturated heterocycles. The molecule has 2 N–H and O–H groups in total. The van der Waals surface area contributed by atoms with Crippen molar-refractivity contribution in [2.24, 2.45) is 10.7 Å². The van der Waals surface area contributed by atoms with Crippen LogP contribution in [-0.2, 0) is 0 Å². The zero-order chi connectivity index (χ0) is 12.9. The highest BCUT2D eigenvalue weighted by Crippen LogP contribution is 2.15. The van der Waals surface area contributed by atoms with Crippen LogP contribution in [0.2, 0.25) is 0 Å². The zero-order valence-electron chi connectivity index (χ0n) is 8.91. The van der Waals surface area contributed by atoms with E-state index in [0.29, 0.717) is 16.6 Å². The monoisotopic (exact) mass is 238 g/mol. The topological polar surface area (TPSA) is 38.4 Å². The van der Waals surface area contributed by atoms with E-state index in [9.17, 15) is 13.2 Å². The van der Waals surface area contributed by atoms with Gasteiger partial charge < -0.3 is 5.73 Å². The number of rotatable bonds is 3. The van der Waals surface area contributed by atoms with Crippen molar-refractivity contribution in [3.63, 3.8) is 0 Å². The second-order valence-corrected chi connectivity index (χ2v) is 3.33. The lowest BCUT2D eigenvalue weighted by atomic mass is 9.94. The Morgan fingerprint density at radius 1 is 1.29 bits per heavy atom. The first-order valence-corrected chi connectivity index (χ1v) is 4.77. The van der Waals surface area contributed by atoms with Gasteiger partial charge in [-0.1, -0.05) is 29.7 Å². The normalized spacial score (nSPS) is 13.2. The summed E-state index contributed by atoms with van der Waals surface area (Å²) in [6.45, 7) is -1.22. The Labute approximate surface area is 98.5 Å². The van der Waals surface area contributed by atoms with Crippen LogP contribution < -0.4 is 11.2 Å². The van der Waals surface area contributed by atoms with Crippen molar-refractivity contribution >= 4 is 25.1 Å². The molecule has 0 heterocycles. The van der Waals surface area contributed by atoms with Crippen LogP contribution in [0.25, 0.3) is 5.57 Å². The van der Waals surface area contributed by atoms with Crippen molar-refractivity contribution in [2.45, 2.75) is 6.18 Å². The first kappa shape index (κ1) is 13.4. The predicted octanol–water partition coefficient (Wildman–Crippen LogP) is 1.41. The van der Waals surface area contributed by atoms with Gasteiger partial charge in [-0.15, -0.1) is 0 Å². The number of nitrogens with two attached hydrogens (primary N) is 1. The zero-order valence-corrected chi connectivity index (χ0v) is 8.91. The minimum absolute atomic E-state index is 0.411. The van der Waals surface area contributed by atoms with Gasteiger partial charge in [-0.2, -0.15) is 13.2 Å². The summed E-state index contributed by atoms with van der Waals surface area (Å²) in [7, 11) is 5.49. The van der Waals surface area contributed by atoms with Crippen LogP contribution in [0.3, 0.4) is 0 Å². The lowest BCUT2D eigenvalue weighted by Crippen LogP contribution is -2.12. The van der Waals surface area contributed by atoms with Crippen molar-refractivity contribution in [1.29, 1.82) is 0 Å². The summed E-state index contributed by atoms with van der Waals surface area (Å²) >= 11 is 0. The second-order valence-electron chi connectivity index (χ2n) is 3.33. The molecule has 0 aromatic heterocycles. The molecular formula is C11H10BF3N2. The number of aliphatic imine (C=N–C) groups is 1. The molecule has 0 amide bonds. The van der Waals surface area contributed by atoms with Gasteiger partial charge in [-0.05, 0) is 5.56 Å². The van der Waals surface area contributed by atoms with Gasteiger partial charge in [-0.25, -0.2) is 0 Å². The van der Waals surface area contributed by atoms with E-state index in [-0.39, 0.29) is 0 Å². The van der Waals surface area contributed by atoms with Gasteiger partial charge in [0.15, 0.2) is 0 Å². The standard InChI is InChI=1S/C11H10BF3N2/c12-10-3-1-8(2-4-10)9(5-16)6-17-7-11(13,14)15/h1-6H,7,16H2/b9-5+,17-6?. The van der Waals surface area contributed by atoms with E-state index in [0.717, 1.165) is 6.21 Å². The van der Waals surface area contributed by atoms with Gasteiger partial charge in [0.2, 0.25) is 0 Å². The third-order valence-electron chi connectivity index (χ3n) is 1.92. The number of hydrogen-bond acceptors (Lipinski definition) is 2. The average Bonchev–Trinajstić information content (AvgIpc) is 2.24. The van der Waals surface area contributed by atoms with Gasteiger partial charge in [0, 0.05) is 18.0 Å². The summed E-state index contributed by atoms with van der Waals surface area (Å²) in [6, 6.07) is 6.59. The summed E-state index contributed by atoms with van der Waals surface area (Å²) in [6.07, 6.45) is -2.01. The summed E-state index contributed by atoms with van der Waals surface area (Å²) in [5.41, 5.74) is 6.97. The Morgan fingerprint density at radius 2 is 1.88 bits per heavy atom. The van der Waals surface area contributed by atoms with E-state index in [1.807, 2.05) is 0 Å².